The highest BCUT2D eigenvalue weighted by atomic mass is 19.4. The second kappa shape index (κ2) is 5.19. The molecule has 7 heteroatoms. The van der Waals surface area contributed by atoms with E-state index in [1.54, 1.807) is 6.07 Å². The molecule has 0 aliphatic rings. The molecule has 1 rings (SSSR count). The van der Waals surface area contributed by atoms with Crippen molar-refractivity contribution < 1.29 is 26.3 Å². The molecule has 0 saturated carbocycles. The molecule has 0 atom stereocenters. The summed E-state index contributed by atoms with van der Waals surface area (Å²) in [6.45, 7) is 2.98. The van der Waals surface area contributed by atoms with Gasteiger partial charge in [-0.3, -0.25) is 0 Å². The van der Waals surface area contributed by atoms with Crippen LogP contribution in [0.2, 0.25) is 0 Å². The van der Waals surface area contributed by atoms with E-state index in [2.05, 4.69) is 6.58 Å². The zero-order chi connectivity index (χ0) is 15.6. The van der Waals surface area contributed by atoms with Gasteiger partial charge in [0.15, 0.2) is 5.41 Å². The summed E-state index contributed by atoms with van der Waals surface area (Å²) in [5, 5.41) is 8.54. The zero-order valence-corrected chi connectivity index (χ0v) is 10.0. The lowest BCUT2D eigenvalue weighted by molar-refractivity contribution is -0.302. The van der Waals surface area contributed by atoms with Gasteiger partial charge in [-0.25, -0.2) is 0 Å². The first-order valence-corrected chi connectivity index (χ1v) is 5.35. The van der Waals surface area contributed by atoms with Crippen molar-refractivity contribution >= 4 is 0 Å². The number of hydrogen-bond donors (Lipinski definition) is 0. The van der Waals surface area contributed by atoms with E-state index in [0.29, 0.717) is 18.2 Å². The molecule has 0 saturated heterocycles. The minimum atomic E-state index is -5.53. The van der Waals surface area contributed by atoms with Crippen LogP contribution >= 0.6 is 0 Å². The number of rotatable bonds is 3. The van der Waals surface area contributed by atoms with Crippen LogP contribution in [0.25, 0.3) is 0 Å². The highest BCUT2D eigenvalue weighted by molar-refractivity contribution is 5.37. The van der Waals surface area contributed by atoms with Gasteiger partial charge in [-0.2, -0.15) is 31.6 Å². The molecule has 0 N–H and O–H groups in total. The van der Waals surface area contributed by atoms with Gasteiger partial charge < -0.3 is 0 Å². The lowest BCUT2D eigenvalue weighted by Crippen LogP contribution is -2.53. The van der Waals surface area contributed by atoms with Crippen LogP contribution in [0.1, 0.15) is 17.5 Å². The van der Waals surface area contributed by atoms with Gasteiger partial charge in [0.2, 0.25) is 0 Å². The molecule has 0 heterocycles. The molecule has 0 aromatic heterocycles. The van der Waals surface area contributed by atoms with Crippen molar-refractivity contribution in [1.29, 1.82) is 5.26 Å². The van der Waals surface area contributed by atoms with Crippen LogP contribution in [0.5, 0.6) is 0 Å². The quantitative estimate of drug-likeness (QED) is 0.594. The number of allylic oxidation sites excluding steroid dienone is 1. The molecule has 0 aliphatic carbocycles. The molecule has 1 nitrogen and oxygen atoms in total. The molecule has 0 spiro atoms. The Morgan fingerprint density at radius 1 is 1.00 bits per heavy atom. The van der Waals surface area contributed by atoms with Crippen LogP contribution in [0, 0.1) is 11.3 Å². The van der Waals surface area contributed by atoms with E-state index >= 15 is 0 Å². The number of nitriles is 1. The SMILES string of the molecule is C=CCC(c1ccc(C#N)cc1)(C(F)(F)F)C(F)(F)F. The fourth-order valence-electron chi connectivity index (χ4n) is 1.88. The number of alkyl halides is 6. The predicted octanol–water partition coefficient (Wildman–Crippen LogP) is 4.50. The summed E-state index contributed by atoms with van der Waals surface area (Å²) in [5.41, 5.74) is -5.00. The van der Waals surface area contributed by atoms with Gasteiger partial charge in [0.25, 0.3) is 0 Å². The standard InChI is InChI=1S/C13H9F6N/c1-2-7-11(12(14,15)16,13(17,18)19)10-5-3-9(8-20)4-6-10/h2-6H,1,7H2. The van der Waals surface area contributed by atoms with Crippen LogP contribution in [0.4, 0.5) is 26.3 Å². The van der Waals surface area contributed by atoms with E-state index in [0.717, 1.165) is 12.1 Å². The average Bonchev–Trinajstić information content (AvgIpc) is 2.33. The van der Waals surface area contributed by atoms with E-state index in [1.165, 1.54) is 0 Å². The normalized spacial score (nSPS) is 12.8. The summed E-state index contributed by atoms with van der Waals surface area (Å²) in [4.78, 5) is 0. The Morgan fingerprint density at radius 3 is 1.75 bits per heavy atom. The third-order valence-corrected chi connectivity index (χ3v) is 2.93. The van der Waals surface area contributed by atoms with E-state index in [9.17, 15) is 26.3 Å². The maximum atomic E-state index is 13.1. The smallest absolute Gasteiger partial charge is 0.192 e. The van der Waals surface area contributed by atoms with Crippen LogP contribution in [0.15, 0.2) is 36.9 Å². The van der Waals surface area contributed by atoms with Gasteiger partial charge in [0.05, 0.1) is 11.6 Å². The number of halogens is 6. The molecular formula is C13H9F6N. The van der Waals surface area contributed by atoms with Crippen molar-refractivity contribution in [1.82, 2.24) is 0 Å². The lowest BCUT2D eigenvalue weighted by atomic mass is 9.76. The zero-order valence-electron chi connectivity index (χ0n) is 10.0. The van der Waals surface area contributed by atoms with Crippen molar-refractivity contribution in [2.45, 2.75) is 24.2 Å². The molecule has 0 radical (unpaired) electrons. The third kappa shape index (κ3) is 2.50. The van der Waals surface area contributed by atoms with Gasteiger partial charge in [0.1, 0.15) is 0 Å². The molecule has 20 heavy (non-hydrogen) atoms. The molecule has 0 aliphatic heterocycles. The van der Waals surface area contributed by atoms with E-state index in [4.69, 9.17) is 5.26 Å². The summed E-state index contributed by atoms with van der Waals surface area (Å²) in [6, 6.07) is 4.81. The first-order valence-electron chi connectivity index (χ1n) is 5.35. The maximum Gasteiger partial charge on any atom is 0.407 e. The third-order valence-electron chi connectivity index (χ3n) is 2.93. The summed E-state index contributed by atoms with van der Waals surface area (Å²) in [5.74, 6) is 0. The molecule has 0 bridgehead atoms. The number of nitrogens with zero attached hydrogens (tertiary/aromatic N) is 1. The predicted molar refractivity (Wildman–Crippen MR) is 59.8 cm³/mol. The summed E-state index contributed by atoms with van der Waals surface area (Å²) < 4.78 is 78.6. The number of benzene rings is 1. The lowest BCUT2D eigenvalue weighted by Gasteiger charge is -2.37. The first kappa shape index (κ1) is 16.1. The van der Waals surface area contributed by atoms with Crippen LogP contribution in [-0.2, 0) is 5.41 Å². The second-order valence-corrected chi connectivity index (χ2v) is 4.08. The largest absolute Gasteiger partial charge is 0.407 e. The summed E-state index contributed by atoms with van der Waals surface area (Å²) in [6.07, 6.45) is -11.8. The molecule has 0 unspecified atom stereocenters. The Bertz CT molecular complexity index is 504. The molecular weight excluding hydrogens is 284 g/mol. The highest BCUT2D eigenvalue weighted by Crippen LogP contribution is 2.54. The summed E-state index contributed by atoms with van der Waals surface area (Å²) in [7, 11) is 0. The Kier molecular flexibility index (Phi) is 4.18. The van der Waals surface area contributed by atoms with Crippen LogP contribution < -0.4 is 0 Å². The Balaban J connectivity index is 3.58. The van der Waals surface area contributed by atoms with Crippen molar-refractivity contribution in [2.24, 2.45) is 0 Å². The summed E-state index contributed by atoms with van der Waals surface area (Å²) >= 11 is 0. The second-order valence-electron chi connectivity index (χ2n) is 4.08. The van der Waals surface area contributed by atoms with Crippen molar-refractivity contribution in [2.75, 3.05) is 0 Å². The molecule has 108 valence electrons. The fraction of sp³-hybridized carbons (Fsp3) is 0.308. The van der Waals surface area contributed by atoms with Crippen molar-refractivity contribution in [3.05, 3.63) is 48.0 Å². The average molecular weight is 293 g/mol. The Hall–Kier alpha value is -1.97. The molecule has 0 amide bonds. The monoisotopic (exact) mass is 293 g/mol. The highest BCUT2D eigenvalue weighted by Gasteiger charge is 2.70. The van der Waals surface area contributed by atoms with Gasteiger partial charge in [-0.1, -0.05) is 18.2 Å². The van der Waals surface area contributed by atoms with Gasteiger partial charge >= 0.3 is 12.4 Å². The van der Waals surface area contributed by atoms with Gasteiger partial charge in [-0.05, 0) is 24.1 Å². The fourth-order valence-corrected chi connectivity index (χ4v) is 1.88. The van der Waals surface area contributed by atoms with Crippen LogP contribution in [-0.4, -0.2) is 12.4 Å². The van der Waals surface area contributed by atoms with Gasteiger partial charge in [0, 0.05) is 0 Å². The van der Waals surface area contributed by atoms with Crippen molar-refractivity contribution in [3.8, 4) is 6.07 Å². The molecule has 1 aromatic carbocycles. The Labute approximate surface area is 111 Å². The van der Waals surface area contributed by atoms with Crippen LogP contribution in [0.3, 0.4) is 0 Å². The van der Waals surface area contributed by atoms with Crippen molar-refractivity contribution in [3.63, 3.8) is 0 Å². The topological polar surface area (TPSA) is 23.8 Å². The van der Waals surface area contributed by atoms with Gasteiger partial charge in [-0.15, -0.1) is 6.58 Å². The van der Waals surface area contributed by atoms with E-state index in [-0.39, 0.29) is 5.56 Å². The first-order chi connectivity index (χ1) is 9.10. The maximum absolute atomic E-state index is 13.1. The molecule has 1 aromatic rings. The van der Waals surface area contributed by atoms with E-state index in [1.807, 2.05) is 0 Å². The minimum Gasteiger partial charge on any atom is -0.192 e. The number of hydrogen-bond acceptors (Lipinski definition) is 1. The van der Waals surface area contributed by atoms with E-state index < -0.39 is 29.8 Å². The Morgan fingerprint density at radius 2 is 1.45 bits per heavy atom. The minimum absolute atomic E-state index is 0.0226. The molecule has 0 fully saturated rings.